The summed E-state index contributed by atoms with van der Waals surface area (Å²) in [7, 11) is 0. The van der Waals surface area contributed by atoms with E-state index in [2.05, 4.69) is 5.10 Å². The molecule has 0 atom stereocenters. The van der Waals surface area contributed by atoms with Gasteiger partial charge in [-0.1, -0.05) is 23.7 Å². The number of nitrogens with zero attached hydrogens (tertiary/aromatic N) is 2. The minimum Gasteiger partial charge on any atom is -0.276 e. The van der Waals surface area contributed by atoms with Crippen molar-refractivity contribution in [3.63, 3.8) is 0 Å². The molecule has 4 heteroatoms. The van der Waals surface area contributed by atoms with E-state index in [1.54, 1.807) is 6.20 Å². The average molecular weight is 221 g/mol. The first-order valence-corrected chi connectivity index (χ1v) is 4.89. The zero-order valence-electron chi connectivity index (χ0n) is 7.93. The Labute approximate surface area is 92.3 Å². The van der Waals surface area contributed by atoms with Crippen molar-refractivity contribution in [1.29, 1.82) is 0 Å². The van der Waals surface area contributed by atoms with Crippen LogP contribution in [-0.4, -0.2) is 16.2 Å². The van der Waals surface area contributed by atoms with Crippen LogP contribution in [-0.2, 0) is 11.2 Å². The molecular weight excluding hydrogens is 212 g/mol. The Kier molecular flexibility index (Phi) is 2.83. The van der Waals surface area contributed by atoms with Gasteiger partial charge in [0.05, 0.1) is 5.69 Å². The maximum Gasteiger partial charge on any atom is 0.234 e. The molecule has 0 unspecified atom stereocenters. The van der Waals surface area contributed by atoms with Gasteiger partial charge in [0.25, 0.3) is 0 Å². The fraction of sp³-hybridized carbons (Fsp3) is 0.0909. The van der Waals surface area contributed by atoms with Crippen molar-refractivity contribution in [2.24, 2.45) is 0 Å². The molecule has 1 heterocycles. The first-order valence-electron chi connectivity index (χ1n) is 4.52. The molecule has 0 bridgehead atoms. The quantitative estimate of drug-likeness (QED) is 0.743. The third-order valence-corrected chi connectivity index (χ3v) is 2.28. The standard InChI is InChI=1S/C11H9ClN2O/c12-10-3-1-2-9(6-10)7-11-4-5-14(8-15)13-11/h1-6,8H,7H2. The first-order chi connectivity index (χ1) is 7.28. The van der Waals surface area contributed by atoms with Crippen LogP contribution in [0, 0.1) is 0 Å². The van der Waals surface area contributed by atoms with E-state index in [1.165, 1.54) is 4.68 Å². The van der Waals surface area contributed by atoms with Gasteiger partial charge in [-0.15, -0.1) is 0 Å². The Morgan fingerprint density at radius 2 is 2.27 bits per heavy atom. The van der Waals surface area contributed by atoms with E-state index in [-0.39, 0.29) is 0 Å². The largest absolute Gasteiger partial charge is 0.276 e. The molecule has 1 aromatic carbocycles. The molecule has 1 aromatic heterocycles. The zero-order valence-corrected chi connectivity index (χ0v) is 8.69. The van der Waals surface area contributed by atoms with Crippen LogP contribution < -0.4 is 0 Å². The molecule has 0 spiro atoms. The topological polar surface area (TPSA) is 34.9 Å². The van der Waals surface area contributed by atoms with Crippen molar-refractivity contribution >= 4 is 18.0 Å². The zero-order chi connectivity index (χ0) is 10.7. The average Bonchev–Trinajstić information content (AvgIpc) is 2.65. The molecule has 76 valence electrons. The van der Waals surface area contributed by atoms with Crippen molar-refractivity contribution in [2.75, 3.05) is 0 Å². The van der Waals surface area contributed by atoms with Crippen molar-refractivity contribution in [3.05, 3.63) is 52.8 Å². The van der Waals surface area contributed by atoms with Crippen LogP contribution >= 0.6 is 11.6 Å². The summed E-state index contributed by atoms with van der Waals surface area (Å²) in [4.78, 5) is 10.4. The second kappa shape index (κ2) is 4.28. The van der Waals surface area contributed by atoms with E-state index in [0.29, 0.717) is 17.9 Å². The molecule has 0 N–H and O–H groups in total. The lowest BCUT2D eigenvalue weighted by Crippen LogP contribution is -1.96. The van der Waals surface area contributed by atoms with Gasteiger partial charge in [-0.25, -0.2) is 4.68 Å². The second-order valence-electron chi connectivity index (χ2n) is 3.20. The van der Waals surface area contributed by atoms with Gasteiger partial charge in [-0.2, -0.15) is 5.10 Å². The highest BCUT2D eigenvalue weighted by molar-refractivity contribution is 6.30. The van der Waals surface area contributed by atoms with Crippen LogP contribution in [0.5, 0.6) is 0 Å². The second-order valence-corrected chi connectivity index (χ2v) is 3.64. The molecule has 0 fully saturated rings. The highest BCUT2D eigenvalue weighted by Crippen LogP contribution is 2.13. The van der Waals surface area contributed by atoms with Crippen molar-refractivity contribution in [2.45, 2.75) is 6.42 Å². The molecular formula is C11H9ClN2O. The van der Waals surface area contributed by atoms with Crippen LogP contribution in [0.15, 0.2) is 36.5 Å². The van der Waals surface area contributed by atoms with Crippen LogP contribution in [0.2, 0.25) is 5.02 Å². The molecule has 0 aliphatic rings. The van der Waals surface area contributed by atoms with Gasteiger partial charge in [0.15, 0.2) is 0 Å². The number of hydrogen-bond acceptors (Lipinski definition) is 2. The lowest BCUT2D eigenvalue weighted by atomic mass is 10.1. The van der Waals surface area contributed by atoms with E-state index in [1.807, 2.05) is 30.3 Å². The fourth-order valence-electron chi connectivity index (χ4n) is 1.39. The number of aromatic nitrogens is 2. The molecule has 0 aliphatic heterocycles. The monoisotopic (exact) mass is 220 g/mol. The third-order valence-electron chi connectivity index (χ3n) is 2.05. The minimum absolute atomic E-state index is 0.668. The van der Waals surface area contributed by atoms with Crippen molar-refractivity contribution in [3.8, 4) is 0 Å². The highest BCUT2D eigenvalue weighted by Gasteiger charge is 2.00. The summed E-state index contributed by atoms with van der Waals surface area (Å²) < 4.78 is 1.25. The van der Waals surface area contributed by atoms with Crippen LogP contribution in [0.1, 0.15) is 11.3 Å². The Bertz CT molecular complexity index is 479. The van der Waals surface area contributed by atoms with E-state index >= 15 is 0 Å². The minimum atomic E-state index is 0.668. The third kappa shape index (κ3) is 2.44. The molecule has 0 saturated carbocycles. The molecule has 2 rings (SSSR count). The lowest BCUT2D eigenvalue weighted by molar-refractivity contribution is 0.540. The predicted molar refractivity (Wildman–Crippen MR) is 58.6 cm³/mol. The maximum absolute atomic E-state index is 10.4. The van der Waals surface area contributed by atoms with Crippen molar-refractivity contribution in [1.82, 2.24) is 9.78 Å². The molecule has 2 aromatic rings. The Hall–Kier alpha value is -1.61. The summed E-state index contributed by atoms with van der Waals surface area (Å²) in [6.45, 7) is 0. The fourth-order valence-corrected chi connectivity index (χ4v) is 1.60. The van der Waals surface area contributed by atoms with Crippen LogP contribution in [0.25, 0.3) is 0 Å². The van der Waals surface area contributed by atoms with Gasteiger partial charge in [0.2, 0.25) is 6.41 Å². The van der Waals surface area contributed by atoms with Gasteiger partial charge in [0.1, 0.15) is 0 Å². The van der Waals surface area contributed by atoms with Crippen LogP contribution in [0.3, 0.4) is 0 Å². The molecule has 0 radical (unpaired) electrons. The Morgan fingerprint density at radius 3 is 2.93 bits per heavy atom. The molecule has 0 saturated heterocycles. The maximum atomic E-state index is 10.4. The number of carbonyl (C=O) groups is 1. The normalized spacial score (nSPS) is 10.2. The summed E-state index contributed by atoms with van der Waals surface area (Å²) in [5, 5.41) is 4.77. The van der Waals surface area contributed by atoms with Gasteiger partial charge in [-0.3, -0.25) is 4.79 Å². The summed E-state index contributed by atoms with van der Waals surface area (Å²) in [5.41, 5.74) is 1.93. The molecule has 0 aliphatic carbocycles. The lowest BCUT2D eigenvalue weighted by Gasteiger charge is -1.98. The molecule has 0 amide bonds. The molecule has 3 nitrogen and oxygen atoms in total. The number of halogens is 1. The SMILES string of the molecule is O=Cn1ccc(Cc2cccc(Cl)c2)n1. The number of rotatable bonds is 3. The molecule has 15 heavy (non-hydrogen) atoms. The van der Waals surface area contributed by atoms with Gasteiger partial charge < -0.3 is 0 Å². The Balaban J connectivity index is 2.18. The summed E-state index contributed by atoms with van der Waals surface area (Å²) in [6, 6.07) is 9.41. The van der Waals surface area contributed by atoms with E-state index in [0.717, 1.165) is 11.3 Å². The van der Waals surface area contributed by atoms with E-state index in [9.17, 15) is 4.79 Å². The van der Waals surface area contributed by atoms with Crippen LogP contribution in [0.4, 0.5) is 0 Å². The van der Waals surface area contributed by atoms with Crippen molar-refractivity contribution < 1.29 is 4.79 Å². The summed E-state index contributed by atoms with van der Waals surface area (Å²) in [6.07, 6.45) is 2.98. The summed E-state index contributed by atoms with van der Waals surface area (Å²) >= 11 is 5.86. The Morgan fingerprint density at radius 1 is 1.40 bits per heavy atom. The number of benzene rings is 1. The van der Waals surface area contributed by atoms with E-state index < -0.39 is 0 Å². The first kappa shape index (κ1) is 9.93. The van der Waals surface area contributed by atoms with Gasteiger partial charge >= 0.3 is 0 Å². The van der Waals surface area contributed by atoms with Gasteiger partial charge in [-0.05, 0) is 23.8 Å². The summed E-state index contributed by atoms with van der Waals surface area (Å²) in [5.74, 6) is 0. The van der Waals surface area contributed by atoms with Gasteiger partial charge in [0, 0.05) is 17.6 Å². The van der Waals surface area contributed by atoms with E-state index in [4.69, 9.17) is 11.6 Å². The number of carbonyl (C=O) groups excluding carboxylic acids is 1. The predicted octanol–water partition coefficient (Wildman–Crippen LogP) is 2.17. The number of hydrogen-bond donors (Lipinski definition) is 0. The smallest absolute Gasteiger partial charge is 0.234 e. The highest BCUT2D eigenvalue weighted by atomic mass is 35.5.